The van der Waals surface area contributed by atoms with Crippen molar-refractivity contribution in [2.24, 2.45) is 34.5 Å². The molecule has 3 heteroatoms. The van der Waals surface area contributed by atoms with Crippen molar-refractivity contribution in [3.8, 4) is 0 Å². The lowest BCUT2D eigenvalue weighted by atomic mass is 9.41. The Morgan fingerprint density at radius 2 is 1.91 bits per heavy atom. The summed E-state index contributed by atoms with van der Waals surface area (Å²) >= 11 is 2.58. The van der Waals surface area contributed by atoms with Gasteiger partial charge in [0.25, 0.3) is 0 Å². The van der Waals surface area contributed by atoms with Gasteiger partial charge in [-0.05, 0) is 93.8 Å². The van der Waals surface area contributed by atoms with Crippen LogP contribution in [0.2, 0.25) is 0 Å². The average molecular weight is 430 g/mol. The first-order valence-electron chi connectivity index (χ1n) is 9.49. The van der Waals surface area contributed by atoms with E-state index in [1.807, 2.05) is 0 Å². The molecule has 0 aromatic carbocycles. The van der Waals surface area contributed by atoms with Crippen molar-refractivity contribution in [2.75, 3.05) is 0 Å². The first kappa shape index (κ1) is 16.8. The smallest absolute Gasteiger partial charge is 0.0753 e. The minimum Gasteiger partial charge on any atom is -0.393 e. The van der Waals surface area contributed by atoms with Crippen molar-refractivity contribution >= 4 is 22.6 Å². The summed E-state index contributed by atoms with van der Waals surface area (Å²) in [5, 5.41) is 21.8. The molecule has 3 saturated carbocycles. The molecule has 4 aliphatic carbocycles. The molecule has 2 N–H and O–H groups in total. The topological polar surface area (TPSA) is 40.5 Å². The Hall–Kier alpha value is 0.390. The van der Waals surface area contributed by atoms with Gasteiger partial charge in [-0.3, -0.25) is 0 Å². The molecular formula is C20H31IO2. The molecule has 0 amide bonds. The zero-order valence-electron chi connectivity index (χ0n) is 14.7. The minimum atomic E-state index is -0.668. The molecule has 8 atom stereocenters. The molecule has 0 heterocycles. The maximum atomic E-state index is 11.6. The Bertz CT molecular complexity index is 546. The Kier molecular flexibility index (Phi) is 3.81. The number of allylic oxidation sites excluding steroid dienone is 2. The summed E-state index contributed by atoms with van der Waals surface area (Å²) in [6, 6.07) is 0. The van der Waals surface area contributed by atoms with Crippen LogP contribution in [0.25, 0.3) is 0 Å². The minimum absolute atomic E-state index is 0.0100. The van der Waals surface area contributed by atoms with E-state index in [-0.39, 0.29) is 11.5 Å². The third-order valence-electron chi connectivity index (χ3n) is 8.72. The van der Waals surface area contributed by atoms with Crippen molar-refractivity contribution in [1.29, 1.82) is 0 Å². The summed E-state index contributed by atoms with van der Waals surface area (Å²) in [6.07, 6.45) is 9.51. The summed E-state index contributed by atoms with van der Waals surface area (Å²) in [7, 11) is 0. The maximum Gasteiger partial charge on any atom is 0.0753 e. The van der Waals surface area contributed by atoms with E-state index in [9.17, 15) is 10.2 Å². The van der Waals surface area contributed by atoms with Crippen LogP contribution in [0.4, 0.5) is 0 Å². The van der Waals surface area contributed by atoms with Crippen LogP contribution in [0.1, 0.15) is 65.7 Å². The summed E-state index contributed by atoms with van der Waals surface area (Å²) < 4.78 is 1.58. The highest BCUT2D eigenvalue weighted by molar-refractivity contribution is 14.1. The molecule has 0 aromatic rings. The fourth-order valence-electron chi connectivity index (χ4n) is 7.17. The molecule has 4 rings (SSSR count). The van der Waals surface area contributed by atoms with E-state index in [1.54, 1.807) is 3.58 Å². The van der Waals surface area contributed by atoms with Crippen molar-refractivity contribution in [1.82, 2.24) is 0 Å². The van der Waals surface area contributed by atoms with Gasteiger partial charge in [0.2, 0.25) is 0 Å². The van der Waals surface area contributed by atoms with Gasteiger partial charge >= 0.3 is 0 Å². The number of aliphatic hydroxyl groups excluding tert-OH is 1. The predicted octanol–water partition coefficient (Wildman–Crippen LogP) is 4.68. The Morgan fingerprint density at radius 1 is 1.17 bits per heavy atom. The zero-order chi connectivity index (χ0) is 16.6. The number of aliphatic hydroxyl groups is 2. The molecule has 0 radical (unpaired) electrons. The normalized spacial score (nSPS) is 58.9. The van der Waals surface area contributed by atoms with Crippen molar-refractivity contribution in [2.45, 2.75) is 77.4 Å². The highest BCUT2D eigenvalue weighted by Gasteiger charge is 2.65. The predicted molar refractivity (Wildman–Crippen MR) is 101 cm³/mol. The summed E-state index contributed by atoms with van der Waals surface area (Å²) in [4.78, 5) is 0. The average Bonchev–Trinajstić information content (AvgIpc) is 2.79. The van der Waals surface area contributed by atoms with E-state index < -0.39 is 5.60 Å². The van der Waals surface area contributed by atoms with Crippen molar-refractivity contribution in [3.63, 3.8) is 0 Å². The molecule has 2 unspecified atom stereocenters. The highest BCUT2D eigenvalue weighted by Crippen LogP contribution is 2.68. The highest BCUT2D eigenvalue weighted by atomic mass is 127. The third-order valence-corrected chi connectivity index (χ3v) is 10.4. The molecule has 130 valence electrons. The number of hydrogen-bond acceptors (Lipinski definition) is 2. The lowest BCUT2D eigenvalue weighted by Gasteiger charge is -2.65. The van der Waals surface area contributed by atoms with E-state index >= 15 is 0 Å². The van der Waals surface area contributed by atoms with Crippen LogP contribution in [0, 0.1) is 34.5 Å². The molecule has 2 nitrogen and oxygen atoms in total. The Labute approximate surface area is 154 Å². The fourth-order valence-corrected chi connectivity index (χ4v) is 8.10. The lowest BCUT2D eigenvalue weighted by Crippen LogP contribution is -2.66. The third kappa shape index (κ3) is 2.05. The maximum absolute atomic E-state index is 11.6. The van der Waals surface area contributed by atoms with Gasteiger partial charge < -0.3 is 10.2 Å². The summed E-state index contributed by atoms with van der Waals surface area (Å²) in [5.41, 5.74) is -0.288. The second-order valence-corrected chi connectivity index (χ2v) is 10.7. The molecular weight excluding hydrogens is 399 g/mol. The van der Waals surface area contributed by atoms with Crippen LogP contribution in [-0.4, -0.2) is 21.9 Å². The quantitative estimate of drug-likeness (QED) is 0.548. The van der Waals surface area contributed by atoms with E-state index in [0.29, 0.717) is 23.7 Å². The van der Waals surface area contributed by atoms with Crippen molar-refractivity contribution < 1.29 is 10.2 Å². The Morgan fingerprint density at radius 3 is 2.65 bits per heavy atom. The second kappa shape index (κ2) is 5.20. The Balaban J connectivity index is 1.72. The van der Waals surface area contributed by atoms with Crippen LogP contribution in [0.15, 0.2) is 9.66 Å². The van der Waals surface area contributed by atoms with E-state index in [1.165, 1.54) is 19.3 Å². The van der Waals surface area contributed by atoms with Crippen LogP contribution in [0.5, 0.6) is 0 Å². The van der Waals surface area contributed by atoms with Gasteiger partial charge in [0.15, 0.2) is 0 Å². The lowest BCUT2D eigenvalue weighted by molar-refractivity contribution is -0.241. The standard InChI is InChI=1S/C20H31IO2/c1-12-10-14-15-4-5-17(21)18(15,2)8-7-16(14)19(3)9-6-13(22)11-20(12,19)23/h5,12-16,22-23H,4,6-11H2,1-3H3/t12?,13-,14-,15-,16-,18-,19+,20?/m0/s1. The van der Waals surface area contributed by atoms with Crippen LogP contribution >= 0.6 is 22.6 Å². The number of halogens is 1. The molecule has 0 aliphatic heterocycles. The van der Waals surface area contributed by atoms with Gasteiger partial charge in [-0.15, -0.1) is 0 Å². The molecule has 0 saturated heterocycles. The van der Waals surface area contributed by atoms with Crippen LogP contribution in [-0.2, 0) is 0 Å². The molecule has 0 bridgehead atoms. The molecule has 23 heavy (non-hydrogen) atoms. The van der Waals surface area contributed by atoms with Crippen LogP contribution < -0.4 is 0 Å². The zero-order valence-corrected chi connectivity index (χ0v) is 16.8. The van der Waals surface area contributed by atoms with Gasteiger partial charge in [-0.25, -0.2) is 0 Å². The number of fused-ring (bicyclic) bond motifs is 5. The second-order valence-electron chi connectivity index (χ2n) is 9.50. The number of hydrogen-bond donors (Lipinski definition) is 2. The van der Waals surface area contributed by atoms with Gasteiger partial charge in [0.1, 0.15) is 0 Å². The van der Waals surface area contributed by atoms with E-state index in [0.717, 1.165) is 31.1 Å². The van der Waals surface area contributed by atoms with Gasteiger partial charge in [0, 0.05) is 11.8 Å². The SMILES string of the molecule is CC1C[C@H]2[C@@H]3CC=C(I)[C@@]3(C)CC[C@@H]2[C@@]2(C)CC[C@H](O)CC12O. The summed E-state index contributed by atoms with van der Waals surface area (Å²) in [5.74, 6) is 2.44. The van der Waals surface area contributed by atoms with Gasteiger partial charge in [-0.1, -0.05) is 26.8 Å². The van der Waals surface area contributed by atoms with Gasteiger partial charge in [-0.2, -0.15) is 0 Å². The summed E-state index contributed by atoms with van der Waals surface area (Å²) in [6.45, 7) is 7.08. The molecule has 3 fully saturated rings. The first-order valence-corrected chi connectivity index (χ1v) is 10.6. The fraction of sp³-hybridized carbons (Fsp3) is 0.900. The van der Waals surface area contributed by atoms with E-state index in [2.05, 4.69) is 49.4 Å². The van der Waals surface area contributed by atoms with Crippen LogP contribution in [0.3, 0.4) is 0 Å². The first-order chi connectivity index (χ1) is 10.7. The monoisotopic (exact) mass is 430 g/mol. The van der Waals surface area contributed by atoms with Crippen molar-refractivity contribution in [3.05, 3.63) is 9.66 Å². The molecule has 4 aliphatic rings. The molecule has 0 aromatic heterocycles. The van der Waals surface area contributed by atoms with Gasteiger partial charge in [0.05, 0.1) is 11.7 Å². The number of rotatable bonds is 0. The van der Waals surface area contributed by atoms with E-state index in [4.69, 9.17) is 0 Å². The largest absolute Gasteiger partial charge is 0.393 e. The molecule has 0 spiro atoms.